The van der Waals surface area contributed by atoms with Crippen molar-refractivity contribution in [2.45, 2.75) is 43.9 Å². The van der Waals surface area contributed by atoms with Crippen LogP contribution < -0.4 is 5.32 Å². The lowest BCUT2D eigenvalue weighted by molar-refractivity contribution is -0.138. The van der Waals surface area contributed by atoms with Gasteiger partial charge in [0.2, 0.25) is 5.96 Å². The second-order valence-electron chi connectivity index (χ2n) is 9.36. The van der Waals surface area contributed by atoms with Crippen LogP contribution in [0.5, 0.6) is 0 Å². The number of fused-ring (bicyclic) bond motifs is 2. The highest BCUT2D eigenvalue weighted by Gasteiger charge is 2.51. The van der Waals surface area contributed by atoms with Gasteiger partial charge in [-0.25, -0.2) is 9.79 Å². The number of likely N-dealkylation sites (N-methyl/N-ethyl adjacent to an activating group) is 2. The molecule has 5 rings (SSSR count). The summed E-state index contributed by atoms with van der Waals surface area (Å²) in [7, 11) is 3.39. The Morgan fingerprint density at radius 1 is 1.11 bits per heavy atom. The van der Waals surface area contributed by atoms with Crippen molar-refractivity contribution in [3.63, 3.8) is 0 Å². The number of amides is 3. The van der Waals surface area contributed by atoms with Crippen LogP contribution in [0.4, 0.5) is 10.5 Å². The fourth-order valence-electron chi connectivity index (χ4n) is 5.17. The Labute approximate surface area is 218 Å². The molecule has 0 spiro atoms. The molecule has 3 unspecified atom stereocenters. The number of benzene rings is 2. The third-order valence-electron chi connectivity index (χ3n) is 7.09. The van der Waals surface area contributed by atoms with E-state index in [1.54, 1.807) is 37.2 Å². The zero-order valence-corrected chi connectivity index (χ0v) is 21.3. The summed E-state index contributed by atoms with van der Waals surface area (Å²) < 4.78 is 0. The first-order valence-electron chi connectivity index (χ1n) is 11.6. The first-order valence-corrected chi connectivity index (χ1v) is 12.3. The van der Waals surface area contributed by atoms with Gasteiger partial charge >= 0.3 is 12.0 Å². The number of carboxylic acid groups (broad SMARTS) is 1. The Morgan fingerprint density at radius 3 is 2.61 bits per heavy atom. The van der Waals surface area contributed by atoms with Gasteiger partial charge in [0.25, 0.3) is 5.91 Å². The number of hydrogen-bond acceptors (Lipinski definition) is 6. The van der Waals surface area contributed by atoms with E-state index in [9.17, 15) is 19.5 Å². The molecule has 1 saturated heterocycles. The topological polar surface area (TPSA) is 106 Å². The average Bonchev–Trinajstić information content (AvgIpc) is 3.38. The molecule has 3 aliphatic rings. The lowest BCUT2D eigenvalue weighted by atomic mass is 9.97. The number of guanidine groups is 1. The predicted molar refractivity (Wildman–Crippen MR) is 136 cm³/mol. The van der Waals surface area contributed by atoms with Crippen LogP contribution in [-0.2, 0) is 22.6 Å². The minimum Gasteiger partial charge on any atom is -0.481 e. The van der Waals surface area contributed by atoms with Crippen LogP contribution in [0.2, 0.25) is 10.0 Å². The zero-order chi connectivity index (χ0) is 25.7. The van der Waals surface area contributed by atoms with Crippen LogP contribution in [0.3, 0.4) is 0 Å². The largest absolute Gasteiger partial charge is 0.481 e. The van der Waals surface area contributed by atoms with Crippen molar-refractivity contribution < 1.29 is 19.5 Å². The summed E-state index contributed by atoms with van der Waals surface area (Å²) in [4.78, 5) is 46.8. The molecule has 11 heteroatoms. The van der Waals surface area contributed by atoms with E-state index in [4.69, 9.17) is 23.2 Å². The monoisotopic (exact) mass is 529 g/mol. The van der Waals surface area contributed by atoms with E-state index in [-0.39, 0.29) is 24.8 Å². The number of anilines is 1. The number of carbonyl (C=O) groups is 3. The Kier molecular flexibility index (Phi) is 6.30. The number of aliphatic carboxylic acids is 1. The van der Waals surface area contributed by atoms with E-state index in [1.807, 2.05) is 18.2 Å². The molecular formula is C25H25Cl2N5O4. The van der Waals surface area contributed by atoms with Gasteiger partial charge in [0.05, 0.1) is 23.0 Å². The van der Waals surface area contributed by atoms with Crippen molar-refractivity contribution in [1.82, 2.24) is 14.7 Å². The van der Waals surface area contributed by atoms with Crippen molar-refractivity contribution in [2.24, 2.45) is 4.99 Å². The first kappa shape index (κ1) is 24.4. The van der Waals surface area contributed by atoms with Gasteiger partial charge in [0.1, 0.15) is 0 Å². The van der Waals surface area contributed by atoms with Crippen LogP contribution in [0.1, 0.15) is 35.4 Å². The number of urea groups is 1. The highest BCUT2D eigenvalue weighted by Crippen LogP contribution is 2.37. The van der Waals surface area contributed by atoms with E-state index < -0.39 is 24.2 Å². The molecule has 2 aliphatic heterocycles. The number of carboxylic acids is 1. The van der Waals surface area contributed by atoms with Crippen LogP contribution >= 0.6 is 23.2 Å². The maximum Gasteiger partial charge on any atom is 0.328 e. The third kappa shape index (κ3) is 4.26. The summed E-state index contributed by atoms with van der Waals surface area (Å²) in [5.41, 5.74) is 3.62. The normalized spacial score (nSPS) is 23.1. The van der Waals surface area contributed by atoms with E-state index in [1.165, 1.54) is 9.80 Å². The molecule has 0 radical (unpaired) electrons. The van der Waals surface area contributed by atoms with Crippen LogP contribution in [0, 0.1) is 0 Å². The van der Waals surface area contributed by atoms with E-state index in [0.717, 1.165) is 29.7 Å². The van der Waals surface area contributed by atoms with Gasteiger partial charge in [-0.15, -0.1) is 0 Å². The molecule has 2 N–H and O–H groups in total. The molecule has 36 heavy (non-hydrogen) atoms. The number of imide groups is 1. The minimum absolute atomic E-state index is 0.0228. The quantitative estimate of drug-likeness (QED) is 0.606. The second kappa shape index (κ2) is 9.29. The van der Waals surface area contributed by atoms with Gasteiger partial charge < -0.3 is 20.2 Å². The Balaban J connectivity index is 1.35. The summed E-state index contributed by atoms with van der Waals surface area (Å²) in [5, 5.41) is 13.3. The molecule has 2 heterocycles. The standard InChI is InChI=1S/C25H25Cl2N5O4/c1-30-21-22(31(2)25(36)32(23(21)35)12-13-3-8-18(26)19(27)9-13)29-24(30)28-16-7-6-14-4-5-15(10-20(33)34)17(14)11-16/h3,6-9,11,15,21-22H,4-5,10,12H2,1-2H3,(H,28,29)(H,33,34). The van der Waals surface area contributed by atoms with Crippen molar-refractivity contribution in [2.75, 3.05) is 19.4 Å². The number of nitrogens with zero attached hydrogens (tertiary/aromatic N) is 4. The number of aryl methyl sites for hydroxylation is 1. The lowest BCUT2D eigenvalue weighted by Gasteiger charge is -2.40. The maximum atomic E-state index is 13.4. The number of halogens is 2. The third-order valence-corrected chi connectivity index (χ3v) is 7.83. The maximum absolute atomic E-state index is 13.4. The zero-order valence-electron chi connectivity index (χ0n) is 19.7. The van der Waals surface area contributed by atoms with Crippen LogP contribution in [0.25, 0.3) is 0 Å². The van der Waals surface area contributed by atoms with Crippen LogP contribution in [-0.4, -0.2) is 70.0 Å². The molecule has 188 valence electrons. The fraction of sp³-hybridized carbons (Fsp3) is 0.360. The van der Waals surface area contributed by atoms with E-state index >= 15 is 0 Å². The lowest BCUT2D eigenvalue weighted by Crippen LogP contribution is -2.64. The molecule has 1 aliphatic carbocycles. The summed E-state index contributed by atoms with van der Waals surface area (Å²) in [5.74, 6) is -0.730. The van der Waals surface area contributed by atoms with Gasteiger partial charge in [0, 0.05) is 19.8 Å². The molecule has 2 aromatic rings. The van der Waals surface area contributed by atoms with Crippen LogP contribution in [0.15, 0.2) is 41.4 Å². The number of nitrogens with one attached hydrogen (secondary N) is 1. The summed E-state index contributed by atoms with van der Waals surface area (Å²) in [6.45, 7) is 0.0640. The Hall–Kier alpha value is -3.30. The van der Waals surface area contributed by atoms with Crippen molar-refractivity contribution in [3.8, 4) is 0 Å². The predicted octanol–water partition coefficient (Wildman–Crippen LogP) is 4.00. The van der Waals surface area contributed by atoms with Gasteiger partial charge in [0.15, 0.2) is 12.2 Å². The summed E-state index contributed by atoms with van der Waals surface area (Å²) in [6.07, 6.45) is 1.09. The smallest absolute Gasteiger partial charge is 0.328 e. The van der Waals surface area contributed by atoms with E-state index in [0.29, 0.717) is 21.6 Å². The number of carbonyl (C=O) groups excluding carboxylic acids is 2. The van der Waals surface area contributed by atoms with Gasteiger partial charge in [-0.3, -0.25) is 14.5 Å². The molecule has 0 bridgehead atoms. The summed E-state index contributed by atoms with van der Waals surface area (Å²) >= 11 is 12.1. The van der Waals surface area contributed by atoms with E-state index in [2.05, 4.69) is 10.3 Å². The van der Waals surface area contributed by atoms with Gasteiger partial charge in [-0.05, 0) is 59.7 Å². The average molecular weight is 530 g/mol. The molecular weight excluding hydrogens is 505 g/mol. The van der Waals surface area contributed by atoms with Crippen molar-refractivity contribution in [1.29, 1.82) is 0 Å². The SMILES string of the molecule is CN1C(=O)N(Cc2ccc(Cl)c(Cl)c2)C(=O)C2C1N=C(Nc1ccc3c(c1)C(CC(=O)O)CC3)N2C. The molecule has 0 saturated carbocycles. The molecule has 0 aromatic heterocycles. The first-order chi connectivity index (χ1) is 17.1. The Bertz CT molecular complexity index is 1300. The molecule has 3 amide bonds. The van der Waals surface area contributed by atoms with Gasteiger partial charge in [-0.2, -0.15) is 0 Å². The molecule has 1 fully saturated rings. The summed E-state index contributed by atoms with van der Waals surface area (Å²) in [6, 6.07) is 9.76. The van der Waals surface area contributed by atoms with Crippen molar-refractivity contribution in [3.05, 3.63) is 63.1 Å². The number of hydrogen-bond donors (Lipinski definition) is 2. The highest BCUT2D eigenvalue weighted by atomic mass is 35.5. The second-order valence-corrected chi connectivity index (χ2v) is 10.2. The molecule has 9 nitrogen and oxygen atoms in total. The fourth-order valence-corrected chi connectivity index (χ4v) is 5.49. The van der Waals surface area contributed by atoms with Gasteiger partial charge in [-0.1, -0.05) is 35.3 Å². The molecule has 3 atom stereocenters. The Morgan fingerprint density at radius 2 is 1.89 bits per heavy atom. The minimum atomic E-state index is -0.813. The number of rotatable bonds is 5. The molecule has 2 aromatic carbocycles. The number of aliphatic imine (C=N–C) groups is 1. The van der Waals surface area contributed by atoms with Crippen molar-refractivity contribution >= 4 is 52.8 Å². The highest BCUT2D eigenvalue weighted by molar-refractivity contribution is 6.42.